The highest BCUT2D eigenvalue weighted by Gasteiger charge is 2.32. The number of sulfonamides is 1. The second-order valence-electron chi connectivity index (χ2n) is 8.53. The van der Waals surface area contributed by atoms with E-state index in [-0.39, 0.29) is 21.9 Å². The Balaban J connectivity index is 1.70. The zero-order valence-corrected chi connectivity index (χ0v) is 19.0. The highest BCUT2D eigenvalue weighted by Crippen LogP contribution is 2.24. The van der Waals surface area contributed by atoms with Crippen LogP contribution in [0.25, 0.3) is 0 Å². The summed E-state index contributed by atoms with van der Waals surface area (Å²) in [6.45, 7) is 9.24. The number of benzene rings is 2. The minimum Gasteiger partial charge on any atom is -0.453 e. The lowest BCUT2D eigenvalue weighted by atomic mass is 9.86. The smallest absolute Gasteiger partial charge is 0.331 e. The van der Waals surface area contributed by atoms with Gasteiger partial charge in [0, 0.05) is 11.1 Å². The van der Waals surface area contributed by atoms with Crippen LogP contribution >= 0.6 is 0 Å². The van der Waals surface area contributed by atoms with Crippen LogP contribution in [0.3, 0.4) is 0 Å². The Labute approximate surface area is 182 Å². The third kappa shape index (κ3) is 4.85. The number of amidine groups is 1. The van der Waals surface area contributed by atoms with Crippen molar-refractivity contribution in [2.75, 3.05) is 0 Å². The van der Waals surface area contributed by atoms with Gasteiger partial charge < -0.3 is 4.74 Å². The predicted molar refractivity (Wildman–Crippen MR) is 118 cm³/mol. The third-order valence-electron chi connectivity index (χ3n) is 5.02. The number of fused-ring (bicyclic) bond motifs is 1. The fourth-order valence-electron chi connectivity index (χ4n) is 3.17. The molecule has 2 atom stereocenters. The van der Waals surface area contributed by atoms with Crippen molar-refractivity contribution >= 4 is 27.6 Å². The molecule has 31 heavy (non-hydrogen) atoms. The van der Waals surface area contributed by atoms with Gasteiger partial charge in [-0.1, -0.05) is 57.2 Å². The highest BCUT2D eigenvalue weighted by atomic mass is 32.2. The summed E-state index contributed by atoms with van der Waals surface area (Å²) < 4.78 is 32.0. The maximum Gasteiger partial charge on any atom is 0.331 e. The summed E-state index contributed by atoms with van der Waals surface area (Å²) in [7, 11) is -3.70. The van der Waals surface area contributed by atoms with E-state index in [4.69, 9.17) is 4.74 Å². The van der Waals surface area contributed by atoms with Gasteiger partial charge in [0.05, 0.1) is 4.90 Å². The van der Waals surface area contributed by atoms with E-state index in [0.717, 1.165) is 5.56 Å². The van der Waals surface area contributed by atoms with Crippen molar-refractivity contribution in [2.45, 2.75) is 57.1 Å². The Bertz CT molecular complexity index is 1150. The lowest BCUT2D eigenvalue weighted by molar-refractivity contribution is -0.147. The summed E-state index contributed by atoms with van der Waals surface area (Å²) in [6, 6.07) is 12.6. The summed E-state index contributed by atoms with van der Waals surface area (Å²) in [5.74, 6) is -0.958. The number of hydrogen-bond acceptors (Lipinski definition) is 6. The monoisotopic (exact) mass is 442 g/mol. The normalized spacial score (nSPS) is 18.0. The first-order chi connectivity index (χ1) is 14.4. The maximum atomic E-state index is 12.7. The molecule has 0 saturated heterocycles. The van der Waals surface area contributed by atoms with Crippen LogP contribution < -0.4 is 4.72 Å². The maximum absolute atomic E-state index is 12.7. The predicted octanol–water partition coefficient (Wildman–Crippen LogP) is 3.23. The molecule has 0 aliphatic carbocycles. The molecular formula is C23H26N2O5S. The van der Waals surface area contributed by atoms with Gasteiger partial charge in [0.25, 0.3) is 10.0 Å². The summed E-state index contributed by atoms with van der Waals surface area (Å²) in [5.41, 5.74) is 1.90. The van der Waals surface area contributed by atoms with Gasteiger partial charge in [-0.25, -0.2) is 13.2 Å². The third-order valence-corrected chi connectivity index (χ3v) is 6.42. The molecule has 164 valence electrons. The molecule has 1 heterocycles. The highest BCUT2D eigenvalue weighted by molar-refractivity contribution is 7.90. The van der Waals surface area contributed by atoms with Crippen LogP contribution in [0.5, 0.6) is 0 Å². The first kappa shape index (κ1) is 22.7. The topological polar surface area (TPSA) is 102 Å². The summed E-state index contributed by atoms with van der Waals surface area (Å²) in [4.78, 5) is 29.4. The minimum atomic E-state index is -3.70. The molecule has 1 aliphatic heterocycles. The van der Waals surface area contributed by atoms with E-state index in [9.17, 15) is 18.0 Å². The summed E-state index contributed by atoms with van der Waals surface area (Å²) in [6.07, 6.45) is -0.997. The molecule has 1 unspecified atom stereocenters. The van der Waals surface area contributed by atoms with Gasteiger partial charge in [0.2, 0.25) is 5.78 Å². The van der Waals surface area contributed by atoms with Crippen molar-refractivity contribution < 1.29 is 22.7 Å². The molecular weight excluding hydrogens is 416 g/mol. The fraction of sp³-hybridized carbons (Fsp3) is 0.348. The number of carbonyl (C=O) groups excluding carboxylic acids is 2. The first-order valence-corrected chi connectivity index (χ1v) is 11.4. The molecule has 8 heteroatoms. The van der Waals surface area contributed by atoms with Crippen LogP contribution in [0.2, 0.25) is 0 Å². The number of aliphatic imine (C=N–C) groups is 1. The molecule has 3 rings (SSSR count). The first-order valence-electron chi connectivity index (χ1n) is 9.95. The largest absolute Gasteiger partial charge is 0.453 e. The van der Waals surface area contributed by atoms with Crippen molar-refractivity contribution in [3.05, 3.63) is 65.2 Å². The molecule has 0 spiro atoms. The van der Waals surface area contributed by atoms with Gasteiger partial charge >= 0.3 is 5.97 Å². The number of Topliss-reactive ketones (excluding diaryl/α,β-unsaturated/α-hetero) is 1. The SMILES string of the molecule is CC(OC(=O)[C@@H](C)N=C1NS(=O)(=O)c2ccccc21)C(=O)c1ccc(C(C)(C)C)cc1. The van der Waals surface area contributed by atoms with E-state index in [2.05, 4.69) is 30.5 Å². The van der Waals surface area contributed by atoms with Crippen LogP contribution in [-0.4, -0.2) is 38.2 Å². The standard InChI is InChI=1S/C23H26N2O5S/c1-14(24-21-18-8-6-7-9-19(18)31(28,29)25-21)22(27)30-15(2)20(26)16-10-12-17(13-11-16)23(3,4)5/h6-15H,1-5H3,(H,24,25)/t14-,15?/m1/s1. The van der Waals surface area contributed by atoms with Gasteiger partial charge in [-0.15, -0.1) is 0 Å². The van der Waals surface area contributed by atoms with Gasteiger partial charge in [-0.3, -0.25) is 14.5 Å². The van der Waals surface area contributed by atoms with E-state index in [1.165, 1.54) is 19.9 Å². The Kier molecular flexibility index (Phi) is 6.04. The molecule has 7 nitrogen and oxygen atoms in total. The Hall–Kier alpha value is -3.00. The molecule has 0 aromatic heterocycles. The molecule has 0 amide bonds. The van der Waals surface area contributed by atoms with E-state index in [1.54, 1.807) is 30.3 Å². The average Bonchev–Trinajstić information content (AvgIpc) is 2.97. The van der Waals surface area contributed by atoms with E-state index in [1.807, 2.05) is 12.1 Å². The zero-order chi connectivity index (χ0) is 23.0. The lowest BCUT2D eigenvalue weighted by Gasteiger charge is -2.19. The summed E-state index contributed by atoms with van der Waals surface area (Å²) >= 11 is 0. The van der Waals surface area contributed by atoms with Crippen LogP contribution in [0.1, 0.15) is 56.1 Å². The number of rotatable bonds is 5. The number of nitrogens with zero attached hydrogens (tertiary/aromatic N) is 1. The Morgan fingerprint density at radius 3 is 2.23 bits per heavy atom. The average molecular weight is 443 g/mol. The zero-order valence-electron chi connectivity index (χ0n) is 18.2. The Morgan fingerprint density at radius 1 is 1.00 bits per heavy atom. The molecule has 0 bridgehead atoms. The molecule has 0 saturated carbocycles. The molecule has 0 fully saturated rings. The van der Waals surface area contributed by atoms with Gasteiger partial charge in [-0.2, -0.15) is 0 Å². The van der Waals surface area contributed by atoms with Crippen molar-refractivity contribution in [3.63, 3.8) is 0 Å². The van der Waals surface area contributed by atoms with Crippen LogP contribution in [0.15, 0.2) is 58.4 Å². The van der Waals surface area contributed by atoms with E-state index in [0.29, 0.717) is 11.1 Å². The second kappa shape index (κ2) is 8.26. The van der Waals surface area contributed by atoms with Crippen LogP contribution in [0.4, 0.5) is 0 Å². The molecule has 2 aromatic rings. The molecule has 1 aliphatic rings. The van der Waals surface area contributed by atoms with Gasteiger partial charge in [0.15, 0.2) is 6.10 Å². The van der Waals surface area contributed by atoms with E-state index < -0.39 is 28.1 Å². The molecule has 2 aromatic carbocycles. The van der Waals surface area contributed by atoms with Crippen molar-refractivity contribution in [3.8, 4) is 0 Å². The molecule has 1 N–H and O–H groups in total. The fourth-order valence-corrected chi connectivity index (χ4v) is 4.41. The van der Waals surface area contributed by atoms with Crippen molar-refractivity contribution in [1.29, 1.82) is 0 Å². The second-order valence-corrected chi connectivity index (χ2v) is 10.2. The molecule has 0 radical (unpaired) electrons. The summed E-state index contributed by atoms with van der Waals surface area (Å²) in [5, 5.41) is 0. The van der Waals surface area contributed by atoms with E-state index >= 15 is 0 Å². The Morgan fingerprint density at radius 2 is 1.61 bits per heavy atom. The number of ketones is 1. The van der Waals surface area contributed by atoms with Crippen molar-refractivity contribution in [2.24, 2.45) is 4.99 Å². The number of hydrogen-bond donors (Lipinski definition) is 1. The van der Waals surface area contributed by atoms with Gasteiger partial charge in [-0.05, 0) is 37.0 Å². The number of nitrogens with one attached hydrogen (secondary N) is 1. The number of ether oxygens (including phenoxy) is 1. The van der Waals surface area contributed by atoms with Crippen LogP contribution in [-0.2, 0) is 25.0 Å². The quantitative estimate of drug-likeness (QED) is 0.566. The minimum absolute atomic E-state index is 0.0331. The van der Waals surface area contributed by atoms with Crippen molar-refractivity contribution in [1.82, 2.24) is 4.72 Å². The van der Waals surface area contributed by atoms with Gasteiger partial charge in [0.1, 0.15) is 11.9 Å². The van der Waals surface area contributed by atoms with Crippen LogP contribution in [0, 0.1) is 0 Å². The number of esters is 1. The lowest BCUT2D eigenvalue weighted by Crippen LogP contribution is -2.31. The number of carbonyl (C=O) groups is 2.